The van der Waals surface area contributed by atoms with Crippen molar-refractivity contribution in [3.8, 4) is 5.75 Å². The van der Waals surface area contributed by atoms with Crippen molar-refractivity contribution >= 4 is 23.4 Å². The van der Waals surface area contributed by atoms with E-state index < -0.39 is 0 Å². The van der Waals surface area contributed by atoms with Crippen LogP contribution in [0.5, 0.6) is 5.75 Å². The number of hydrogen-bond donors (Lipinski definition) is 2. The highest BCUT2D eigenvalue weighted by molar-refractivity contribution is 8.00. The second kappa shape index (κ2) is 8.57. The molecule has 29 heavy (non-hydrogen) atoms. The van der Waals surface area contributed by atoms with E-state index in [0.29, 0.717) is 23.4 Å². The molecule has 0 radical (unpaired) electrons. The third-order valence-electron chi connectivity index (χ3n) is 4.65. The summed E-state index contributed by atoms with van der Waals surface area (Å²) in [6.07, 6.45) is 2.20. The Kier molecular flexibility index (Phi) is 5.71. The van der Waals surface area contributed by atoms with Crippen molar-refractivity contribution in [2.45, 2.75) is 42.7 Å². The maximum atomic E-state index is 12.5. The quantitative estimate of drug-likeness (QED) is 0.436. The summed E-state index contributed by atoms with van der Waals surface area (Å²) in [5.41, 5.74) is 1.82. The standard InChI is InChI=1S/C21H23N5O2S/c1-14(29-21-25-24-19(26(21)22)16-7-8-16)20(27)23-17-9-11-18(12-10-17)28-13-15-5-3-2-4-6-15/h2-6,9-12,14,16H,7-8,13,22H2,1H3,(H,23,27)/t14-/m0/s1. The van der Waals surface area contributed by atoms with Crippen molar-refractivity contribution in [2.75, 3.05) is 11.2 Å². The molecule has 1 fully saturated rings. The van der Waals surface area contributed by atoms with E-state index in [9.17, 15) is 4.79 Å². The molecule has 0 aliphatic heterocycles. The Labute approximate surface area is 173 Å². The number of rotatable bonds is 8. The molecular formula is C21H23N5O2S. The first-order chi connectivity index (χ1) is 14.1. The predicted molar refractivity (Wildman–Crippen MR) is 113 cm³/mol. The summed E-state index contributed by atoms with van der Waals surface area (Å²) < 4.78 is 7.27. The molecule has 7 nitrogen and oxygen atoms in total. The molecule has 150 valence electrons. The van der Waals surface area contributed by atoms with Gasteiger partial charge in [-0.05, 0) is 49.6 Å². The van der Waals surface area contributed by atoms with E-state index in [4.69, 9.17) is 10.6 Å². The molecular weight excluding hydrogens is 386 g/mol. The van der Waals surface area contributed by atoms with Gasteiger partial charge in [0.2, 0.25) is 11.1 Å². The zero-order valence-corrected chi connectivity index (χ0v) is 16.9. The fourth-order valence-corrected chi connectivity index (χ4v) is 3.60. The van der Waals surface area contributed by atoms with E-state index in [0.717, 1.165) is 30.0 Å². The number of amides is 1. The monoisotopic (exact) mass is 409 g/mol. The third kappa shape index (κ3) is 4.89. The summed E-state index contributed by atoms with van der Waals surface area (Å²) in [6, 6.07) is 17.3. The average molecular weight is 410 g/mol. The Morgan fingerprint density at radius 3 is 2.62 bits per heavy atom. The summed E-state index contributed by atoms with van der Waals surface area (Å²) in [4.78, 5) is 12.5. The normalized spacial score (nSPS) is 14.4. The van der Waals surface area contributed by atoms with Gasteiger partial charge in [-0.3, -0.25) is 4.79 Å². The van der Waals surface area contributed by atoms with Gasteiger partial charge in [0.1, 0.15) is 12.4 Å². The zero-order valence-electron chi connectivity index (χ0n) is 16.1. The molecule has 0 spiro atoms. The average Bonchev–Trinajstić information content (AvgIpc) is 3.52. The predicted octanol–water partition coefficient (Wildman–Crippen LogP) is 3.57. The lowest BCUT2D eigenvalue weighted by atomic mass is 10.2. The molecule has 8 heteroatoms. The largest absolute Gasteiger partial charge is 0.489 e. The molecule has 1 atom stereocenters. The molecule has 0 bridgehead atoms. The summed E-state index contributed by atoms with van der Waals surface area (Å²) in [7, 11) is 0. The molecule has 1 saturated carbocycles. The topological polar surface area (TPSA) is 95.1 Å². The summed E-state index contributed by atoms with van der Waals surface area (Å²) >= 11 is 1.30. The highest BCUT2D eigenvalue weighted by Gasteiger charge is 2.30. The van der Waals surface area contributed by atoms with Crippen LogP contribution in [0.4, 0.5) is 5.69 Å². The Morgan fingerprint density at radius 1 is 1.21 bits per heavy atom. The number of nitrogen functional groups attached to an aromatic ring is 1. The van der Waals surface area contributed by atoms with Crippen LogP contribution >= 0.6 is 11.8 Å². The van der Waals surface area contributed by atoms with E-state index in [1.54, 1.807) is 0 Å². The van der Waals surface area contributed by atoms with Crippen molar-refractivity contribution in [2.24, 2.45) is 0 Å². The van der Waals surface area contributed by atoms with E-state index in [1.165, 1.54) is 16.4 Å². The van der Waals surface area contributed by atoms with E-state index in [1.807, 2.05) is 61.5 Å². The van der Waals surface area contributed by atoms with E-state index in [-0.39, 0.29) is 11.2 Å². The molecule has 4 rings (SSSR count). The first-order valence-electron chi connectivity index (χ1n) is 9.55. The minimum absolute atomic E-state index is 0.121. The van der Waals surface area contributed by atoms with E-state index in [2.05, 4.69) is 15.5 Å². The van der Waals surface area contributed by atoms with Crippen molar-refractivity contribution in [1.29, 1.82) is 0 Å². The molecule has 1 aromatic heterocycles. The first-order valence-corrected chi connectivity index (χ1v) is 10.4. The van der Waals surface area contributed by atoms with Gasteiger partial charge in [-0.2, -0.15) is 0 Å². The number of anilines is 1. The van der Waals surface area contributed by atoms with Crippen LogP contribution < -0.4 is 15.9 Å². The third-order valence-corrected chi connectivity index (χ3v) is 5.71. The summed E-state index contributed by atoms with van der Waals surface area (Å²) in [5, 5.41) is 11.4. The van der Waals surface area contributed by atoms with Gasteiger partial charge < -0.3 is 15.9 Å². The van der Waals surface area contributed by atoms with Gasteiger partial charge in [0.05, 0.1) is 5.25 Å². The van der Waals surface area contributed by atoms with Gasteiger partial charge in [0.25, 0.3) is 0 Å². The number of nitrogens with two attached hydrogens (primary N) is 1. The second-order valence-corrected chi connectivity index (χ2v) is 8.34. The maximum absolute atomic E-state index is 12.5. The molecule has 1 aliphatic rings. The number of nitrogens with zero attached hydrogens (tertiary/aromatic N) is 3. The number of carbonyl (C=O) groups is 1. The number of aromatic nitrogens is 3. The number of benzene rings is 2. The molecule has 1 heterocycles. The lowest BCUT2D eigenvalue weighted by Gasteiger charge is -2.12. The van der Waals surface area contributed by atoms with Crippen LogP contribution in [0.1, 0.15) is 37.1 Å². The van der Waals surface area contributed by atoms with Crippen molar-refractivity contribution < 1.29 is 9.53 Å². The lowest BCUT2D eigenvalue weighted by molar-refractivity contribution is -0.115. The lowest BCUT2D eigenvalue weighted by Crippen LogP contribution is -2.23. The van der Waals surface area contributed by atoms with Gasteiger partial charge in [-0.1, -0.05) is 42.1 Å². The van der Waals surface area contributed by atoms with Crippen LogP contribution in [0.2, 0.25) is 0 Å². The molecule has 1 amide bonds. The SMILES string of the molecule is C[C@H](Sc1nnc(C2CC2)n1N)C(=O)Nc1ccc(OCc2ccccc2)cc1. The van der Waals surface area contributed by atoms with Crippen molar-refractivity contribution in [3.63, 3.8) is 0 Å². The Hall–Kier alpha value is -3.00. The minimum atomic E-state index is -0.359. The maximum Gasteiger partial charge on any atom is 0.237 e. The molecule has 3 N–H and O–H groups in total. The number of thioether (sulfide) groups is 1. The van der Waals surface area contributed by atoms with Crippen LogP contribution in [0.3, 0.4) is 0 Å². The molecule has 3 aromatic rings. The first kappa shape index (κ1) is 19.3. The fraction of sp³-hybridized carbons (Fsp3) is 0.286. The van der Waals surface area contributed by atoms with Gasteiger partial charge in [-0.25, -0.2) is 4.68 Å². The van der Waals surface area contributed by atoms with Crippen molar-refractivity contribution in [3.05, 3.63) is 66.0 Å². The number of nitrogens with one attached hydrogen (secondary N) is 1. The fourth-order valence-electron chi connectivity index (χ4n) is 2.82. The van der Waals surface area contributed by atoms with Crippen LogP contribution in [0.25, 0.3) is 0 Å². The molecule has 2 aromatic carbocycles. The van der Waals surface area contributed by atoms with Crippen molar-refractivity contribution in [1.82, 2.24) is 14.9 Å². The van der Waals surface area contributed by atoms with Crippen LogP contribution in [-0.2, 0) is 11.4 Å². The number of carbonyl (C=O) groups excluding carboxylic acids is 1. The van der Waals surface area contributed by atoms with Crippen LogP contribution in [0.15, 0.2) is 59.8 Å². The number of hydrogen-bond acceptors (Lipinski definition) is 6. The van der Waals surface area contributed by atoms with Gasteiger partial charge >= 0.3 is 0 Å². The second-order valence-electron chi connectivity index (χ2n) is 7.03. The Bertz CT molecular complexity index is 970. The van der Waals surface area contributed by atoms with Crippen LogP contribution in [0, 0.1) is 0 Å². The Balaban J connectivity index is 1.29. The Morgan fingerprint density at radius 2 is 1.93 bits per heavy atom. The molecule has 0 saturated heterocycles. The van der Waals surface area contributed by atoms with Gasteiger partial charge in [0.15, 0.2) is 5.82 Å². The summed E-state index contributed by atoms with van der Waals surface area (Å²) in [6.45, 7) is 2.33. The minimum Gasteiger partial charge on any atom is -0.489 e. The highest BCUT2D eigenvalue weighted by Crippen LogP contribution is 2.39. The van der Waals surface area contributed by atoms with E-state index >= 15 is 0 Å². The highest BCUT2D eigenvalue weighted by atomic mass is 32.2. The summed E-state index contributed by atoms with van der Waals surface area (Å²) in [5.74, 6) is 7.89. The smallest absolute Gasteiger partial charge is 0.237 e. The molecule has 0 unspecified atom stereocenters. The van der Waals surface area contributed by atoms with Gasteiger partial charge in [0, 0.05) is 11.6 Å². The molecule has 1 aliphatic carbocycles. The number of ether oxygens (including phenoxy) is 1. The van der Waals surface area contributed by atoms with Crippen LogP contribution in [-0.4, -0.2) is 26.0 Å². The zero-order chi connectivity index (χ0) is 20.2. The van der Waals surface area contributed by atoms with Gasteiger partial charge in [-0.15, -0.1) is 10.2 Å².